The molecule has 1 heterocycles. The third kappa shape index (κ3) is 2.78. The van der Waals surface area contributed by atoms with Crippen molar-refractivity contribution in [1.82, 2.24) is 10.3 Å². The highest BCUT2D eigenvalue weighted by Gasteiger charge is 2.02. The number of aryl methyl sites for hydroxylation is 1. The number of methoxy groups -OCH3 is 1. The largest absolute Gasteiger partial charge is 0.383 e. The Balaban J connectivity index is 2.02. The summed E-state index contributed by atoms with van der Waals surface area (Å²) in [6.45, 7) is 4.52. The summed E-state index contributed by atoms with van der Waals surface area (Å²) in [4.78, 5) is 4.59. The predicted octanol–water partition coefficient (Wildman–Crippen LogP) is 2.34. The molecule has 16 heavy (non-hydrogen) atoms. The summed E-state index contributed by atoms with van der Waals surface area (Å²) < 4.78 is 6.23. The molecule has 0 bridgehead atoms. The van der Waals surface area contributed by atoms with Crippen molar-refractivity contribution >= 4 is 21.6 Å². The molecule has 4 heteroatoms. The molecular weight excluding hydrogens is 220 g/mol. The maximum Gasteiger partial charge on any atom is 0.108 e. The van der Waals surface area contributed by atoms with Gasteiger partial charge in [0.15, 0.2) is 0 Å². The molecule has 86 valence electrons. The molecule has 0 atom stereocenters. The van der Waals surface area contributed by atoms with Gasteiger partial charge in [-0.25, -0.2) is 4.98 Å². The van der Waals surface area contributed by atoms with Gasteiger partial charge >= 0.3 is 0 Å². The summed E-state index contributed by atoms with van der Waals surface area (Å²) >= 11 is 1.75. The summed E-state index contributed by atoms with van der Waals surface area (Å²) in [7, 11) is 1.71. The zero-order valence-corrected chi connectivity index (χ0v) is 10.4. The van der Waals surface area contributed by atoms with Crippen LogP contribution in [0, 0.1) is 6.92 Å². The van der Waals surface area contributed by atoms with Crippen LogP contribution in [0.2, 0.25) is 0 Å². The molecule has 1 N–H and O–H groups in total. The summed E-state index contributed by atoms with van der Waals surface area (Å²) in [5.41, 5.74) is 2.37. The van der Waals surface area contributed by atoms with Crippen LogP contribution < -0.4 is 5.32 Å². The fraction of sp³-hybridized carbons (Fsp3) is 0.417. The van der Waals surface area contributed by atoms with E-state index >= 15 is 0 Å². The van der Waals surface area contributed by atoms with Gasteiger partial charge < -0.3 is 10.1 Å². The molecule has 0 saturated carbocycles. The maximum absolute atomic E-state index is 4.97. The molecule has 0 radical (unpaired) electrons. The summed E-state index contributed by atoms with van der Waals surface area (Å²) in [6, 6.07) is 6.40. The monoisotopic (exact) mass is 236 g/mol. The van der Waals surface area contributed by atoms with Crippen LogP contribution in [0.1, 0.15) is 10.6 Å². The van der Waals surface area contributed by atoms with Crippen LogP contribution in [0.5, 0.6) is 0 Å². The van der Waals surface area contributed by atoms with Crippen molar-refractivity contribution in [2.24, 2.45) is 0 Å². The molecule has 0 unspecified atom stereocenters. The van der Waals surface area contributed by atoms with E-state index in [4.69, 9.17) is 4.74 Å². The molecule has 0 fully saturated rings. The van der Waals surface area contributed by atoms with Gasteiger partial charge in [0.05, 0.1) is 16.8 Å². The Kier molecular flexibility index (Phi) is 3.88. The second kappa shape index (κ2) is 5.39. The first kappa shape index (κ1) is 11.5. The van der Waals surface area contributed by atoms with E-state index in [0.29, 0.717) is 0 Å². The molecule has 1 aromatic heterocycles. The van der Waals surface area contributed by atoms with Gasteiger partial charge in [0.25, 0.3) is 0 Å². The second-order valence-corrected chi connectivity index (χ2v) is 4.86. The van der Waals surface area contributed by atoms with E-state index in [1.165, 1.54) is 10.3 Å². The number of hydrogen-bond acceptors (Lipinski definition) is 4. The highest BCUT2D eigenvalue weighted by Crippen LogP contribution is 2.22. The number of fused-ring (bicyclic) bond motifs is 1. The first-order valence-electron chi connectivity index (χ1n) is 5.35. The first-order valence-corrected chi connectivity index (χ1v) is 6.17. The van der Waals surface area contributed by atoms with E-state index in [2.05, 4.69) is 35.4 Å². The van der Waals surface area contributed by atoms with Gasteiger partial charge in [-0.3, -0.25) is 0 Å². The molecule has 0 aliphatic carbocycles. The molecule has 0 saturated heterocycles. The van der Waals surface area contributed by atoms with Gasteiger partial charge in [0.2, 0.25) is 0 Å². The average Bonchev–Trinajstić information content (AvgIpc) is 2.66. The zero-order chi connectivity index (χ0) is 11.4. The third-order valence-electron chi connectivity index (χ3n) is 2.35. The molecule has 0 spiro atoms. The lowest BCUT2D eigenvalue weighted by molar-refractivity contribution is 0.199. The van der Waals surface area contributed by atoms with Crippen LogP contribution >= 0.6 is 11.3 Å². The van der Waals surface area contributed by atoms with Crippen LogP contribution in [0.15, 0.2) is 18.2 Å². The molecule has 0 aliphatic heterocycles. The van der Waals surface area contributed by atoms with Crippen molar-refractivity contribution in [3.05, 3.63) is 28.8 Å². The number of nitrogens with zero attached hydrogens (tertiary/aromatic N) is 1. The van der Waals surface area contributed by atoms with E-state index in [0.717, 1.165) is 30.2 Å². The summed E-state index contributed by atoms with van der Waals surface area (Å²) in [5.74, 6) is 0. The number of hydrogen-bond donors (Lipinski definition) is 1. The minimum Gasteiger partial charge on any atom is -0.383 e. The number of ether oxygens (including phenoxy) is 1. The van der Waals surface area contributed by atoms with E-state index in [1.54, 1.807) is 18.4 Å². The van der Waals surface area contributed by atoms with Crippen LogP contribution in [-0.2, 0) is 11.3 Å². The van der Waals surface area contributed by atoms with Gasteiger partial charge in [0.1, 0.15) is 5.01 Å². The average molecular weight is 236 g/mol. The molecule has 3 nitrogen and oxygen atoms in total. The molecular formula is C12H16N2OS. The van der Waals surface area contributed by atoms with Gasteiger partial charge in [-0.15, -0.1) is 11.3 Å². The van der Waals surface area contributed by atoms with Gasteiger partial charge in [0, 0.05) is 20.2 Å². The molecule has 0 amide bonds. The lowest BCUT2D eigenvalue weighted by Gasteiger charge is -1.99. The van der Waals surface area contributed by atoms with Crippen molar-refractivity contribution in [2.45, 2.75) is 13.5 Å². The number of thiazole rings is 1. The SMILES string of the molecule is COCCNCc1nc2cc(C)ccc2s1. The number of benzene rings is 1. The summed E-state index contributed by atoms with van der Waals surface area (Å²) in [6.07, 6.45) is 0. The number of rotatable bonds is 5. The minimum atomic E-state index is 0.740. The predicted molar refractivity (Wildman–Crippen MR) is 67.9 cm³/mol. The van der Waals surface area contributed by atoms with Crippen LogP contribution in [0.4, 0.5) is 0 Å². The highest BCUT2D eigenvalue weighted by molar-refractivity contribution is 7.18. The van der Waals surface area contributed by atoms with Crippen molar-refractivity contribution < 1.29 is 4.74 Å². The van der Waals surface area contributed by atoms with Crippen molar-refractivity contribution in [2.75, 3.05) is 20.3 Å². The minimum absolute atomic E-state index is 0.740. The van der Waals surface area contributed by atoms with Crippen molar-refractivity contribution in [3.63, 3.8) is 0 Å². The standard InChI is InChI=1S/C12H16N2OS/c1-9-3-4-11-10(7-9)14-12(16-11)8-13-5-6-15-2/h3-4,7,13H,5-6,8H2,1-2H3. The van der Waals surface area contributed by atoms with E-state index in [9.17, 15) is 0 Å². The van der Waals surface area contributed by atoms with E-state index in [-0.39, 0.29) is 0 Å². The molecule has 1 aromatic carbocycles. The summed E-state index contributed by atoms with van der Waals surface area (Å²) in [5, 5.41) is 4.44. The Hall–Kier alpha value is -0.970. The van der Waals surface area contributed by atoms with Crippen LogP contribution in [-0.4, -0.2) is 25.2 Å². The van der Waals surface area contributed by atoms with Crippen molar-refractivity contribution in [3.8, 4) is 0 Å². The van der Waals surface area contributed by atoms with Gasteiger partial charge in [-0.2, -0.15) is 0 Å². The third-order valence-corrected chi connectivity index (χ3v) is 3.38. The zero-order valence-electron chi connectivity index (χ0n) is 9.62. The fourth-order valence-corrected chi connectivity index (χ4v) is 2.45. The Labute approximate surface area is 99.5 Å². The number of nitrogens with one attached hydrogen (secondary N) is 1. The Morgan fingerprint density at radius 3 is 3.12 bits per heavy atom. The van der Waals surface area contributed by atoms with E-state index in [1.807, 2.05) is 0 Å². The topological polar surface area (TPSA) is 34.1 Å². The lowest BCUT2D eigenvalue weighted by atomic mass is 10.2. The Bertz CT molecular complexity index is 467. The lowest BCUT2D eigenvalue weighted by Crippen LogP contribution is -2.18. The quantitative estimate of drug-likeness (QED) is 0.809. The highest BCUT2D eigenvalue weighted by atomic mass is 32.1. The fourth-order valence-electron chi connectivity index (χ4n) is 1.53. The van der Waals surface area contributed by atoms with Crippen LogP contribution in [0.3, 0.4) is 0 Å². The Morgan fingerprint density at radius 1 is 1.44 bits per heavy atom. The second-order valence-electron chi connectivity index (χ2n) is 3.75. The normalized spacial score (nSPS) is 11.1. The molecule has 0 aliphatic rings. The van der Waals surface area contributed by atoms with Gasteiger partial charge in [-0.1, -0.05) is 6.07 Å². The van der Waals surface area contributed by atoms with Gasteiger partial charge in [-0.05, 0) is 24.6 Å². The number of aromatic nitrogens is 1. The smallest absolute Gasteiger partial charge is 0.108 e. The van der Waals surface area contributed by atoms with E-state index < -0.39 is 0 Å². The first-order chi connectivity index (χ1) is 7.79. The van der Waals surface area contributed by atoms with Crippen molar-refractivity contribution in [1.29, 1.82) is 0 Å². The molecule has 2 aromatic rings. The molecule has 2 rings (SSSR count). The maximum atomic E-state index is 4.97. The van der Waals surface area contributed by atoms with Crippen LogP contribution in [0.25, 0.3) is 10.2 Å². The Morgan fingerprint density at radius 2 is 2.31 bits per heavy atom.